The lowest BCUT2D eigenvalue weighted by atomic mass is 9.97. The largest absolute Gasteiger partial charge is 0.455 e. The van der Waals surface area contributed by atoms with Crippen LogP contribution in [0.4, 0.5) is 19.0 Å². The minimum atomic E-state index is -4.67. The lowest BCUT2D eigenvalue weighted by Crippen LogP contribution is -2.37. The molecule has 0 N–H and O–H groups in total. The summed E-state index contributed by atoms with van der Waals surface area (Å²) in [5.41, 5.74) is 0.680. The topological polar surface area (TPSA) is 124 Å². The molecule has 176 valence electrons. The number of carbonyl (C=O) groups excluding carboxylic acids is 1. The zero-order valence-corrected chi connectivity index (χ0v) is 17.5. The maximum Gasteiger partial charge on any atom is 0.453 e. The zero-order chi connectivity index (χ0) is 23.7. The lowest BCUT2D eigenvalue weighted by Gasteiger charge is -2.31. The van der Waals surface area contributed by atoms with Crippen LogP contribution in [0.2, 0.25) is 0 Å². The molecular formula is C20H17F3N8O3. The molecule has 0 radical (unpaired) electrons. The first-order valence-electron chi connectivity index (χ1n) is 10.3. The number of hydrogen-bond donors (Lipinski definition) is 0. The number of rotatable bonds is 5. The van der Waals surface area contributed by atoms with Gasteiger partial charge in [-0.1, -0.05) is 5.16 Å². The molecule has 0 amide bonds. The number of nitrogens with zero attached hydrogens (tertiary/aromatic N) is 8. The van der Waals surface area contributed by atoms with E-state index < -0.39 is 18.0 Å². The Kier molecular flexibility index (Phi) is 5.55. The molecule has 0 spiro atoms. The molecule has 34 heavy (non-hydrogen) atoms. The molecule has 1 aliphatic rings. The van der Waals surface area contributed by atoms with Crippen LogP contribution in [0.25, 0.3) is 17.0 Å². The van der Waals surface area contributed by atoms with E-state index >= 15 is 0 Å². The minimum absolute atomic E-state index is 0.00208. The molecular weight excluding hydrogens is 457 g/mol. The van der Waals surface area contributed by atoms with E-state index in [4.69, 9.17) is 9.26 Å². The molecule has 0 aromatic carbocycles. The highest BCUT2D eigenvalue weighted by Gasteiger charge is 2.38. The molecule has 11 nitrogen and oxygen atoms in total. The van der Waals surface area contributed by atoms with Crippen molar-refractivity contribution in [2.24, 2.45) is 5.92 Å². The molecule has 0 saturated carbocycles. The van der Waals surface area contributed by atoms with Crippen molar-refractivity contribution in [1.29, 1.82) is 0 Å². The summed E-state index contributed by atoms with van der Waals surface area (Å²) in [6.45, 7) is 0.694. The Morgan fingerprint density at radius 1 is 1.18 bits per heavy atom. The third kappa shape index (κ3) is 4.38. The number of pyridine rings is 1. The highest BCUT2D eigenvalue weighted by molar-refractivity contribution is 5.72. The maximum atomic E-state index is 13.1. The van der Waals surface area contributed by atoms with Gasteiger partial charge in [-0.2, -0.15) is 22.7 Å². The quantitative estimate of drug-likeness (QED) is 0.399. The van der Waals surface area contributed by atoms with Crippen LogP contribution in [0.15, 0.2) is 41.2 Å². The number of alkyl halides is 3. The van der Waals surface area contributed by atoms with Crippen LogP contribution in [0.5, 0.6) is 0 Å². The molecule has 1 fully saturated rings. The van der Waals surface area contributed by atoms with E-state index in [-0.39, 0.29) is 24.1 Å². The van der Waals surface area contributed by atoms with Crippen molar-refractivity contribution in [2.75, 3.05) is 18.0 Å². The first-order chi connectivity index (χ1) is 16.4. The summed E-state index contributed by atoms with van der Waals surface area (Å²) in [7, 11) is 0. The highest BCUT2D eigenvalue weighted by Crippen LogP contribution is 2.29. The Labute approximate surface area is 189 Å². The molecule has 5 rings (SSSR count). The van der Waals surface area contributed by atoms with Gasteiger partial charge in [-0.25, -0.2) is 0 Å². The van der Waals surface area contributed by atoms with Crippen molar-refractivity contribution >= 4 is 17.4 Å². The molecule has 14 heteroatoms. The van der Waals surface area contributed by atoms with Gasteiger partial charge in [0, 0.05) is 31.0 Å². The summed E-state index contributed by atoms with van der Waals surface area (Å²) < 4.78 is 50.4. The summed E-state index contributed by atoms with van der Waals surface area (Å²) in [6.07, 6.45) is -0.539. The normalized spacial score (nSPS) is 15.1. The highest BCUT2D eigenvalue weighted by atomic mass is 19.4. The Morgan fingerprint density at radius 2 is 2.00 bits per heavy atom. The van der Waals surface area contributed by atoms with Crippen LogP contribution in [-0.4, -0.2) is 54.0 Å². The Bertz CT molecular complexity index is 1300. The first kappa shape index (κ1) is 21.7. The summed E-state index contributed by atoms with van der Waals surface area (Å²) in [4.78, 5) is 22.5. The molecule has 5 heterocycles. The molecule has 4 aromatic rings. The van der Waals surface area contributed by atoms with Crippen molar-refractivity contribution in [3.63, 3.8) is 0 Å². The van der Waals surface area contributed by atoms with E-state index in [9.17, 15) is 18.0 Å². The average Bonchev–Trinajstić information content (AvgIpc) is 3.50. The number of piperidine rings is 1. The van der Waals surface area contributed by atoms with Gasteiger partial charge in [0.2, 0.25) is 5.82 Å². The number of esters is 1. The predicted octanol–water partition coefficient (Wildman–Crippen LogP) is 2.55. The number of hydrogen-bond acceptors (Lipinski definition) is 10. The van der Waals surface area contributed by atoms with Crippen molar-refractivity contribution in [3.05, 3.63) is 48.4 Å². The molecule has 1 saturated heterocycles. The van der Waals surface area contributed by atoms with Crippen LogP contribution in [-0.2, 0) is 22.3 Å². The summed E-state index contributed by atoms with van der Waals surface area (Å²) >= 11 is 0. The van der Waals surface area contributed by atoms with Crippen molar-refractivity contribution in [3.8, 4) is 11.4 Å². The summed E-state index contributed by atoms with van der Waals surface area (Å²) in [5, 5.41) is 14.6. The van der Waals surface area contributed by atoms with Gasteiger partial charge in [-0.3, -0.25) is 9.78 Å². The fourth-order valence-electron chi connectivity index (χ4n) is 3.65. The SMILES string of the molecule is O=C(OCc1nc(-c2cccnc2)no1)C1CCN(c2ccc3nnc(C(F)(F)F)n3n2)CC1. The number of ether oxygens (including phenoxy) is 1. The average molecular weight is 474 g/mol. The van der Waals surface area contributed by atoms with Gasteiger partial charge in [-0.15, -0.1) is 15.3 Å². The van der Waals surface area contributed by atoms with Crippen LogP contribution in [0, 0.1) is 5.92 Å². The third-order valence-electron chi connectivity index (χ3n) is 5.38. The second-order valence-electron chi connectivity index (χ2n) is 7.61. The van der Waals surface area contributed by atoms with E-state index in [0.717, 1.165) is 0 Å². The number of halogens is 3. The van der Waals surface area contributed by atoms with Gasteiger partial charge >= 0.3 is 12.1 Å². The van der Waals surface area contributed by atoms with Gasteiger partial charge in [0.15, 0.2) is 12.3 Å². The van der Waals surface area contributed by atoms with E-state index in [1.165, 1.54) is 6.07 Å². The Morgan fingerprint density at radius 3 is 2.74 bits per heavy atom. The van der Waals surface area contributed by atoms with Crippen LogP contribution in [0.3, 0.4) is 0 Å². The molecule has 0 bridgehead atoms. The van der Waals surface area contributed by atoms with E-state index in [2.05, 4.69) is 30.4 Å². The standard InChI is InChI=1S/C20H17F3N8O3/c21-20(22,23)19-27-26-14-3-4-15(28-31(14)19)30-8-5-12(6-9-30)18(32)33-11-16-25-17(29-34-16)13-2-1-7-24-10-13/h1-4,7,10,12H,5-6,8-9,11H2. The first-order valence-corrected chi connectivity index (χ1v) is 10.3. The predicted molar refractivity (Wildman–Crippen MR) is 108 cm³/mol. The summed E-state index contributed by atoms with van der Waals surface area (Å²) in [6, 6.07) is 6.53. The number of carbonyl (C=O) groups is 1. The summed E-state index contributed by atoms with van der Waals surface area (Å²) in [5.74, 6) is -1.09. The van der Waals surface area contributed by atoms with E-state index in [1.54, 1.807) is 30.6 Å². The van der Waals surface area contributed by atoms with Crippen molar-refractivity contribution in [2.45, 2.75) is 25.6 Å². The Hall–Kier alpha value is -4.10. The second-order valence-corrected chi connectivity index (χ2v) is 7.61. The third-order valence-corrected chi connectivity index (χ3v) is 5.38. The van der Waals surface area contributed by atoms with E-state index in [1.807, 2.05) is 4.90 Å². The molecule has 0 atom stereocenters. The van der Waals surface area contributed by atoms with Gasteiger partial charge in [0.25, 0.3) is 11.7 Å². The maximum absolute atomic E-state index is 13.1. The molecule has 1 aliphatic heterocycles. The minimum Gasteiger partial charge on any atom is -0.455 e. The van der Waals surface area contributed by atoms with Gasteiger partial charge in [0.1, 0.15) is 5.82 Å². The molecule has 0 unspecified atom stereocenters. The van der Waals surface area contributed by atoms with Crippen molar-refractivity contribution in [1.82, 2.24) is 34.9 Å². The van der Waals surface area contributed by atoms with Gasteiger partial charge in [0.05, 0.1) is 5.92 Å². The number of fused-ring (bicyclic) bond motifs is 1. The zero-order valence-electron chi connectivity index (χ0n) is 17.5. The van der Waals surface area contributed by atoms with Crippen LogP contribution < -0.4 is 4.90 Å². The molecule has 0 aliphatic carbocycles. The van der Waals surface area contributed by atoms with Crippen LogP contribution >= 0.6 is 0 Å². The molecule has 4 aromatic heterocycles. The fourth-order valence-corrected chi connectivity index (χ4v) is 3.65. The monoisotopic (exact) mass is 474 g/mol. The number of aromatic nitrogens is 7. The lowest BCUT2D eigenvalue weighted by molar-refractivity contribution is -0.151. The van der Waals surface area contributed by atoms with Gasteiger partial charge in [-0.05, 0) is 37.1 Å². The fraction of sp³-hybridized carbons (Fsp3) is 0.350. The van der Waals surface area contributed by atoms with Crippen LogP contribution in [0.1, 0.15) is 24.6 Å². The second kappa shape index (κ2) is 8.68. The van der Waals surface area contributed by atoms with Gasteiger partial charge < -0.3 is 14.2 Å². The van der Waals surface area contributed by atoms with E-state index in [0.29, 0.717) is 47.7 Å². The van der Waals surface area contributed by atoms with Crippen molar-refractivity contribution < 1.29 is 27.2 Å². The Balaban J connectivity index is 1.17. The smallest absolute Gasteiger partial charge is 0.453 e. The number of anilines is 1.